The van der Waals surface area contributed by atoms with E-state index in [0.29, 0.717) is 11.4 Å². The number of sulfonamides is 1. The van der Waals surface area contributed by atoms with E-state index in [1.807, 2.05) is 26.8 Å². The molecule has 3 rings (SSSR count). The van der Waals surface area contributed by atoms with Gasteiger partial charge in [-0.05, 0) is 49.2 Å². The predicted molar refractivity (Wildman–Crippen MR) is 113 cm³/mol. The van der Waals surface area contributed by atoms with Crippen molar-refractivity contribution in [2.75, 3.05) is 28.0 Å². The topological polar surface area (TPSA) is 78.5 Å². The van der Waals surface area contributed by atoms with Crippen LogP contribution in [-0.2, 0) is 21.2 Å². The van der Waals surface area contributed by atoms with Crippen molar-refractivity contribution in [1.29, 1.82) is 0 Å². The molecule has 2 aromatic carbocycles. The van der Waals surface area contributed by atoms with Crippen LogP contribution >= 0.6 is 0 Å². The van der Waals surface area contributed by atoms with E-state index in [2.05, 4.69) is 21.9 Å². The van der Waals surface area contributed by atoms with Crippen LogP contribution in [0.2, 0.25) is 0 Å². The average molecular weight is 402 g/mol. The molecule has 1 aliphatic heterocycles. The van der Waals surface area contributed by atoms with Gasteiger partial charge in [0.05, 0.1) is 10.6 Å². The van der Waals surface area contributed by atoms with Crippen molar-refractivity contribution in [3.05, 3.63) is 48.0 Å². The Balaban J connectivity index is 1.82. The number of carbonyl (C=O) groups is 1. The first-order chi connectivity index (χ1) is 13.1. The fourth-order valence-electron chi connectivity index (χ4n) is 3.11. The Morgan fingerprint density at radius 3 is 2.50 bits per heavy atom. The lowest BCUT2D eigenvalue weighted by atomic mass is 9.95. The van der Waals surface area contributed by atoms with Crippen LogP contribution in [-0.4, -0.2) is 27.4 Å². The Hall–Kier alpha value is -2.54. The molecule has 0 atom stereocenters. The fourth-order valence-corrected chi connectivity index (χ4v) is 4.18. The Kier molecular flexibility index (Phi) is 5.39. The second-order valence-corrected chi connectivity index (χ2v) is 9.69. The average Bonchev–Trinajstić information content (AvgIpc) is 3.03. The third-order valence-corrected chi connectivity index (χ3v) is 6.17. The van der Waals surface area contributed by atoms with Crippen LogP contribution in [0, 0.1) is 5.41 Å². The quantitative estimate of drug-likeness (QED) is 0.798. The lowest BCUT2D eigenvalue weighted by Gasteiger charge is -2.18. The molecule has 0 unspecified atom stereocenters. The first-order valence-corrected chi connectivity index (χ1v) is 10.9. The van der Waals surface area contributed by atoms with Crippen molar-refractivity contribution in [3.63, 3.8) is 0 Å². The lowest BCUT2D eigenvalue weighted by Crippen LogP contribution is -2.27. The molecular weight excluding hydrogens is 374 g/mol. The lowest BCUT2D eigenvalue weighted by molar-refractivity contribution is -0.123. The zero-order chi connectivity index (χ0) is 20.5. The van der Waals surface area contributed by atoms with Gasteiger partial charge >= 0.3 is 0 Å². The van der Waals surface area contributed by atoms with E-state index in [-0.39, 0.29) is 10.8 Å². The maximum Gasteiger partial charge on any atom is 0.261 e. The number of fused-ring (bicyclic) bond motifs is 1. The molecule has 1 amide bonds. The van der Waals surface area contributed by atoms with Crippen molar-refractivity contribution in [3.8, 4) is 0 Å². The van der Waals surface area contributed by atoms with Crippen LogP contribution in [0.4, 0.5) is 17.1 Å². The predicted octanol–water partition coefficient (Wildman–Crippen LogP) is 3.85. The van der Waals surface area contributed by atoms with E-state index >= 15 is 0 Å². The van der Waals surface area contributed by atoms with Gasteiger partial charge in [0, 0.05) is 29.9 Å². The highest BCUT2D eigenvalue weighted by Gasteiger charge is 2.23. The maximum absolute atomic E-state index is 12.9. The van der Waals surface area contributed by atoms with Gasteiger partial charge in [-0.25, -0.2) is 8.42 Å². The highest BCUT2D eigenvalue weighted by atomic mass is 32.2. The Bertz CT molecular complexity index is 994. The van der Waals surface area contributed by atoms with E-state index in [4.69, 9.17) is 0 Å². The molecule has 2 N–H and O–H groups in total. The number of nitrogens with zero attached hydrogens (tertiary/aromatic N) is 1. The first-order valence-electron chi connectivity index (χ1n) is 9.42. The summed E-state index contributed by atoms with van der Waals surface area (Å²) in [6.07, 6.45) is 0.937. The third-order valence-electron chi connectivity index (χ3n) is 4.79. The van der Waals surface area contributed by atoms with Gasteiger partial charge in [0.2, 0.25) is 5.91 Å². The van der Waals surface area contributed by atoms with E-state index in [1.54, 1.807) is 36.4 Å². The molecule has 0 aliphatic carbocycles. The van der Waals surface area contributed by atoms with Gasteiger partial charge in [-0.1, -0.05) is 32.9 Å². The second kappa shape index (κ2) is 7.47. The van der Waals surface area contributed by atoms with Crippen molar-refractivity contribution in [1.82, 2.24) is 0 Å². The smallest absolute Gasteiger partial charge is 0.261 e. The molecule has 0 saturated carbocycles. The maximum atomic E-state index is 12.9. The third kappa shape index (κ3) is 4.30. The van der Waals surface area contributed by atoms with Crippen molar-refractivity contribution in [2.24, 2.45) is 5.41 Å². The summed E-state index contributed by atoms with van der Waals surface area (Å²) in [5, 5.41) is 2.81. The largest absolute Gasteiger partial charge is 0.371 e. The van der Waals surface area contributed by atoms with Crippen LogP contribution in [0.1, 0.15) is 33.3 Å². The van der Waals surface area contributed by atoms with Crippen LogP contribution < -0.4 is 14.9 Å². The number of rotatable bonds is 5. The van der Waals surface area contributed by atoms with Gasteiger partial charge < -0.3 is 10.2 Å². The number of hydrogen-bond donors (Lipinski definition) is 2. The minimum Gasteiger partial charge on any atom is -0.371 e. The van der Waals surface area contributed by atoms with Crippen LogP contribution in [0.15, 0.2) is 47.4 Å². The minimum atomic E-state index is -3.73. The molecule has 7 heteroatoms. The van der Waals surface area contributed by atoms with Crippen molar-refractivity contribution >= 4 is 33.0 Å². The molecule has 1 heterocycles. The minimum absolute atomic E-state index is 0.134. The zero-order valence-corrected chi connectivity index (χ0v) is 17.6. The molecule has 0 bridgehead atoms. The van der Waals surface area contributed by atoms with Gasteiger partial charge in [0.15, 0.2) is 0 Å². The number of likely N-dealkylation sites (N-methyl/N-ethyl adjacent to an activating group) is 1. The number of nitrogens with one attached hydrogen (secondary N) is 2. The summed E-state index contributed by atoms with van der Waals surface area (Å²) in [6.45, 7) is 9.29. The Morgan fingerprint density at radius 1 is 1.11 bits per heavy atom. The van der Waals surface area contributed by atoms with E-state index in [1.165, 1.54) is 5.56 Å². The summed E-state index contributed by atoms with van der Waals surface area (Å²) in [7, 11) is -3.73. The molecule has 2 aromatic rings. The summed E-state index contributed by atoms with van der Waals surface area (Å²) in [4.78, 5) is 14.6. The number of amides is 1. The highest BCUT2D eigenvalue weighted by Crippen LogP contribution is 2.31. The molecule has 28 heavy (non-hydrogen) atoms. The number of carbonyl (C=O) groups excluding carboxylic acids is 1. The summed E-state index contributed by atoms with van der Waals surface area (Å²) < 4.78 is 28.4. The second-order valence-electron chi connectivity index (χ2n) is 8.01. The zero-order valence-electron chi connectivity index (χ0n) is 16.7. The number of hydrogen-bond acceptors (Lipinski definition) is 4. The Morgan fingerprint density at radius 2 is 1.82 bits per heavy atom. The molecular formula is C21H27N3O3S. The molecule has 0 aromatic heterocycles. The van der Waals surface area contributed by atoms with E-state index in [0.717, 1.165) is 25.2 Å². The molecule has 1 aliphatic rings. The van der Waals surface area contributed by atoms with Crippen LogP contribution in [0.3, 0.4) is 0 Å². The number of benzene rings is 2. The summed E-state index contributed by atoms with van der Waals surface area (Å²) in [5.74, 6) is -0.134. The highest BCUT2D eigenvalue weighted by molar-refractivity contribution is 7.92. The molecule has 6 nitrogen and oxygen atoms in total. The van der Waals surface area contributed by atoms with Gasteiger partial charge in [-0.2, -0.15) is 0 Å². The normalized spacial score (nSPS) is 13.9. The monoisotopic (exact) mass is 401 g/mol. The van der Waals surface area contributed by atoms with Gasteiger partial charge in [0.1, 0.15) is 0 Å². The summed E-state index contributed by atoms with van der Waals surface area (Å²) >= 11 is 0. The van der Waals surface area contributed by atoms with Gasteiger partial charge in [0.25, 0.3) is 10.0 Å². The number of anilines is 3. The molecule has 0 spiro atoms. The van der Waals surface area contributed by atoms with Gasteiger partial charge in [-0.3, -0.25) is 9.52 Å². The summed E-state index contributed by atoms with van der Waals surface area (Å²) in [6, 6.07) is 12.0. The first kappa shape index (κ1) is 20.2. The van der Waals surface area contributed by atoms with E-state index in [9.17, 15) is 13.2 Å². The van der Waals surface area contributed by atoms with Crippen LogP contribution in [0.25, 0.3) is 0 Å². The molecule has 150 valence electrons. The standard InChI is InChI=1S/C21H27N3O3S/c1-5-24-12-11-15-9-10-18(14-19(15)24)28(26,27)23-17-8-6-7-16(13-17)22-20(25)21(2,3)4/h6-10,13-14,23H,5,11-12H2,1-4H3,(H,22,25). The SMILES string of the molecule is CCN1CCc2ccc(S(=O)(=O)Nc3cccc(NC(=O)C(C)(C)C)c3)cc21. The fraction of sp³-hybridized carbons (Fsp3) is 0.381. The summed E-state index contributed by atoms with van der Waals surface area (Å²) in [5.41, 5.74) is 2.57. The van der Waals surface area contributed by atoms with Crippen molar-refractivity contribution < 1.29 is 13.2 Å². The van der Waals surface area contributed by atoms with E-state index < -0.39 is 15.4 Å². The Labute approximate surface area is 167 Å². The molecule has 0 saturated heterocycles. The van der Waals surface area contributed by atoms with Crippen molar-refractivity contribution in [2.45, 2.75) is 39.0 Å². The molecule has 0 fully saturated rings. The van der Waals surface area contributed by atoms with Crippen LogP contribution in [0.5, 0.6) is 0 Å². The molecule has 0 radical (unpaired) electrons. The van der Waals surface area contributed by atoms with Gasteiger partial charge in [-0.15, -0.1) is 0 Å².